The van der Waals surface area contributed by atoms with Crippen LogP contribution in [0.1, 0.15) is 19.3 Å². The lowest BCUT2D eigenvalue weighted by atomic mass is 9.83. The molecule has 11 heavy (non-hydrogen) atoms. The molecule has 0 N–H and O–H groups in total. The number of ether oxygens (including phenoxy) is 2. The molecule has 3 fully saturated rings. The summed E-state index contributed by atoms with van der Waals surface area (Å²) in [4.78, 5) is 11.0. The first-order valence-corrected chi connectivity index (χ1v) is 4.18. The van der Waals surface area contributed by atoms with Crippen molar-refractivity contribution in [3.63, 3.8) is 0 Å². The lowest BCUT2D eigenvalue weighted by Gasteiger charge is -2.30. The number of hydrogen-bond acceptors (Lipinski definition) is 3. The molecule has 0 aromatic carbocycles. The van der Waals surface area contributed by atoms with Gasteiger partial charge in [0.05, 0.1) is 18.6 Å². The maximum absolute atomic E-state index is 11.0. The van der Waals surface area contributed by atoms with Gasteiger partial charge >= 0.3 is 5.97 Å². The van der Waals surface area contributed by atoms with Gasteiger partial charge in [-0.25, -0.2) is 0 Å². The van der Waals surface area contributed by atoms with E-state index in [9.17, 15) is 4.79 Å². The van der Waals surface area contributed by atoms with Crippen LogP contribution in [-0.2, 0) is 14.3 Å². The third-order valence-corrected chi connectivity index (χ3v) is 2.95. The second-order valence-corrected chi connectivity index (χ2v) is 3.69. The third kappa shape index (κ3) is 0.692. The van der Waals surface area contributed by atoms with Gasteiger partial charge in [-0.2, -0.15) is 0 Å². The maximum atomic E-state index is 11.0. The second-order valence-electron chi connectivity index (χ2n) is 3.69. The molecule has 3 nitrogen and oxygen atoms in total. The van der Waals surface area contributed by atoms with E-state index in [-0.39, 0.29) is 18.2 Å². The molecule has 3 aliphatic heterocycles. The third-order valence-electron chi connectivity index (χ3n) is 2.95. The van der Waals surface area contributed by atoms with Crippen LogP contribution in [0.5, 0.6) is 0 Å². The van der Waals surface area contributed by atoms with Crippen molar-refractivity contribution in [2.45, 2.75) is 37.6 Å². The normalized spacial score (nSPS) is 52.9. The molecule has 0 aromatic rings. The fraction of sp³-hybridized carbons (Fsp3) is 0.875. The summed E-state index contributed by atoms with van der Waals surface area (Å²) in [5.41, 5.74) is 0. The van der Waals surface area contributed by atoms with E-state index in [2.05, 4.69) is 0 Å². The molecule has 0 amide bonds. The van der Waals surface area contributed by atoms with Crippen molar-refractivity contribution in [1.29, 1.82) is 0 Å². The molecule has 0 saturated carbocycles. The average molecular weight is 154 g/mol. The summed E-state index contributed by atoms with van der Waals surface area (Å²) in [6, 6.07) is 0. The predicted octanol–water partition coefficient (Wildman–Crippen LogP) is 0.479. The van der Waals surface area contributed by atoms with E-state index in [0.29, 0.717) is 18.4 Å². The van der Waals surface area contributed by atoms with Crippen LogP contribution in [0.25, 0.3) is 0 Å². The molecule has 60 valence electrons. The topological polar surface area (TPSA) is 35.5 Å². The fourth-order valence-corrected chi connectivity index (χ4v) is 2.54. The van der Waals surface area contributed by atoms with Gasteiger partial charge in [0.25, 0.3) is 0 Å². The molecule has 3 heterocycles. The van der Waals surface area contributed by atoms with E-state index in [1.54, 1.807) is 0 Å². The molecule has 4 atom stereocenters. The zero-order valence-electron chi connectivity index (χ0n) is 6.16. The smallest absolute Gasteiger partial charge is 0.306 e. The second kappa shape index (κ2) is 1.78. The van der Waals surface area contributed by atoms with Crippen LogP contribution in [0.15, 0.2) is 0 Å². The Kier molecular flexibility index (Phi) is 0.969. The number of esters is 1. The monoisotopic (exact) mass is 154 g/mol. The van der Waals surface area contributed by atoms with Gasteiger partial charge in [-0.05, 0) is 6.42 Å². The Hall–Kier alpha value is -0.570. The largest absolute Gasteiger partial charge is 0.459 e. The summed E-state index contributed by atoms with van der Waals surface area (Å²) in [6.45, 7) is 0. The van der Waals surface area contributed by atoms with Gasteiger partial charge in [-0.15, -0.1) is 0 Å². The van der Waals surface area contributed by atoms with Crippen molar-refractivity contribution in [3.05, 3.63) is 0 Å². The zero-order chi connectivity index (χ0) is 7.42. The lowest BCUT2D eigenvalue weighted by molar-refractivity contribution is -0.162. The molecule has 0 aromatic heterocycles. The van der Waals surface area contributed by atoms with Gasteiger partial charge in [-0.1, -0.05) is 0 Å². The maximum Gasteiger partial charge on any atom is 0.306 e. The number of carbonyl (C=O) groups is 1. The summed E-state index contributed by atoms with van der Waals surface area (Å²) in [5.74, 6) is 0.445. The van der Waals surface area contributed by atoms with Crippen LogP contribution in [0, 0.1) is 5.92 Å². The van der Waals surface area contributed by atoms with Gasteiger partial charge in [0, 0.05) is 12.3 Å². The molecule has 0 radical (unpaired) electrons. The Morgan fingerprint density at radius 3 is 3.00 bits per heavy atom. The number of carbonyl (C=O) groups excluding carboxylic acids is 1. The van der Waals surface area contributed by atoms with Crippen LogP contribution in [-0.4, -0.2) is 24.3 Å². The molecule has 0 unspecified atom stereocenters. The van der Waals surface area contributed by atoms with Crippen LogP contribution >= 0.6 is 0 Å². The Morgan fingerprint density at radius 1 is 1.36 bits per heavy atom. The van der Waals surface area contributed by atoms with Crippen LogP contribution in [0.4, 0.5) is 0 Å². The minimum atomic E-state index is -0.0276. The van der Waals surface area contributed by atoms with E-state index >= 15 is 0 Å². The fourth-order valence-electron chi connectivity index (χ4n) is 2.54. The Bertz CT molecular complexity index is 195. The van der Waals surface area contributed by atoms with Crippen molar-refractivity contribution in [3.8, 4) is 0 Å². The highest BCUT2D eigenvalue weighted by atomic mass is 16.6. The highest BCUT2D eigenvalue weighted by Gasteiger charge is 2.52. The Morgan fingerprint density at radius 2 is 2.27 bits per heavy atom. The first-order valence-electron chi connectivity index (χ1n) is 4.18. The molecule has 0 spiro atoms. The first kappa shape index (κ1) is 6.00. The van der Waals surface area contributed by atoms with Crippen molar-refractivity contribution >= 4 is 5.97 Å². The van der Waals surface area contributed by atoms with Gasteiger partial charge in [0.2, 0.25) is 0 Å². The van der Waals surface area contributed by atoms with E-state index in [0.717, 1.165) is 12.8 Å². The first-order chi connectivity index (χ1) is 5.33. The van der Waals surface area contributed by atoms with E-state index in [4.69, 9.17) is 9.47 Å². The SMILES string of the molecule is O=C1C[C@H]2C[C@H]3C[C@@H](O1)[C@@H]2O3. The van der Waals surface area contributed by atoms with Crippen LogP contribution in [0.2, 0.25) is 0 Å². The van der Waals surface area contributed by atoms with E-state index in [1.165, 1.54) is 0 Å². The summed E-state index contributed by atoms with van der Waals surface area (Å²) in [5, 5.41) is 0. The molecule has 3 aliphatic rings. The molecule has 3 heteroatoms. The Balaban J connectivity index is 1.92. The molecular weight excluding hydrogens is 144 g/mol. The van der Waals surface area contributed by atoms with Gasteiger partial charge in [0.1, 0.15) is 6.10 Å². The molecule has 2 bridgehead atoms. The average Bonchev–Trinajstić information content (AvgIpc) is 2.41. The standard InChI is InChI=1S/C8H10O3/c9-7-2-4-1-5-3-6(11-7)8(4)10-5/h4-6,8H,1-3H2/t4-,5+,6-,8-/m1/s1. The molecular formula is C8H10O3. The van der Waals surface area contributed by atoms with E-state index < -0.39 is 0 Å². The minimum absolute atomic E-state index is 0.0276. The minimum Gasteiger partial charge on any atom is -0.459 e. The summed E-state index contributed by atoms with van der Waals surface area (Å²) in [6.07, 6.45) is 3.33. The molecule has 0 aliphatic carbocycles. The predicted molar refractivity (Wildman–Crippen MR) is 35.9 cm³/mol. The van der Waals surface area contributed by atoms with Gasteiger partial charge in [0.15, 0.2) is 0 Å². The van der Waals surface area contributed by atoms with E-state index in [1.807, 2.05) is 0 Å². The summed E-state index contributed by atoms with van der Waals surface area (Å²) in [7, 11) is 0. The highest BCUT2D eigenvalue weighted by molar-refractivity contribution is 5.71. The highest BCUT2D eigenvalue weighted by Crippen LogP contribution is 2.44. The van der Waals surface area contributed by atoms with Crippen molar-refractivity contribution < 1.29 is 14.3 Å². The quantitative estimate of drug-likeness (QED) is 0.476. The Labute approximate surface area is 64.7 Å². The van der Waals surface area contributed by atoms with Crippen LogP contribution in [0.3, 0.4) is 0 Å². The van der Waals surface area contributed by atoms with Crippen LogP contribution < -0.4 is 0 Å². The number of hydrogen-bond donors (Lipinski definition) is 0. The molecule has 3 rings (SSSR count). The molecule has 3 saturated heterocycles. The summed E-state index contributed by atoms with van der Waals surface area (Å²) < 4.78 is 10.8. The van der Waals surface area contributed by atoms with Crippen molar-refractivity contribution in [2.75, 3.05) is 0 Å². The lowest BCUT2D eigenvalue weighted by Crippen LogP contribution is -2.40. The summed E-state index contributed by atoms with van der Waals surface area (Å²) >= 11 is 0. The number of fused-ring (bicyclic) bond motifs is 1. The van der Waals surface area contributed by atoms with Crippen molar-refractivity contribution in [2.24, 2.45) is 5.92 Å². The van der Waals surface area contributed by atoms with Gasteiger partial charge in [-0.3, -0.25) is 4.79 Å². The zero-order valence-corrected chi connectivity index (χ0v) is 6.16. The van der Waals surface area contributed by atoms with Gasteiger partial charge < -0.3 is 9.47 Å². The number of rotatable bonds is 0. The van der Waals surface area contributed by atoms with Crippen molar-refractivity contribution in [1.82, 2.24) is 0 Å².